The molecule has 1 aromatic carbocycles. The largest absolute Gasteiger partial charge is 0.496 e. The van der Waals surface area contributed by atoms with E-state index in [1.54, 1.807) is 27.4 Å². The number of halogens is 1. The van der Waals surface area contributed by atoms with E-state index in [2.05, 4.69) is 4.90 Å². The molecule has 2 atom stereocenters. The molecule has 0 spiro atoms. The number of nitrogens with zero attached hydrogens (tertiary/aromatic N) is 1. The van der Waals surface area contributed by atoms with Crippen LogP contribution in [0.5, 0.6) is 17.2 Å². The highest BCUT2D eigenvalue weighted by atomic mass is 35.5. The summed E-state index contributed by atoms with van der Waals surface area (Å²) in [6.07, 6.45) is 1.51. The highest BCUT2D eigenvalue weighted by molar-refractivity contribution is 7.16. The van der Waals surface area contributed by atoms with Crippen LogP contribution in [-0.2, 0) is 4.79 Å². The van der Waals surface area contributed by atoms with Crippen LogP contribution in [0.3, 0.4) is 0 Å². The van der Waals surface area contributed by atoms with E-state index >= 15 is 0 Å². The van der Waals surface area contributed by atoms with Crippen LogP contribution in [0.4, 0.5) is 0 Å². The van der Waals surface area contributed by atoms with Crippen LogP contribution < -0.4 is 14.2 Å². The minimum Gasteiger partial charge on any atom is -0.496 e. The first-order valence-electron chi connectivity index (χ1n) is 9.00. The Balaban J connectivity index is 2.11. The molecular weight excluding hydrogens is 402 g/mol. The second-order valence-electron chi connectivity index (χ2n) is 6.67. The minimum atomic E-state index is -0.757. The average Bonchev–Trinajstić information content (AvgIpc) is 3.13. The van der Waals surface area contributed by atoms with Crippen molar-refractivity contribution < 1.29 is 24.1 Å². The first-order chi connectivity index (χ1) is 13.5. The van der Waals surface area contributed by atoms with Gasteiger partial charge in [0.1, 0.15) is 5.75 Å². The molecule has 1 saturated heterocycles. The summed E-state index contributed by atoms with van der Waals surface area (Å²) in [5.41, 5.74) is 0.893. The molecule has 1 aromatic heterocycles. The number of hydrogen-bond donors (Lipinski definition) is 1. The first-order valence-corrected chi connectivity index (χ1v) is 10.2. The van der Waals surface area contributed by atoms with Gasteiger partial charge >= 0.3 is 5.97 Å². The molecule has 1 N–H and O–H groups in total. The van der Waals surface area contributed by atoms with E-state index in [0.717, 1.165) is 23.4 Å². The molecule has 8 heteroatoms. The summed E-state index contributed by atoms with van der Waals surface area (Å²) in [7, 11) is 4.78. The number of benzene rings is 1. The van der Waals surface area contributed by atoms with Crippen molar-refractivity contribution in [1.82, 2.24) is 4.90 Å². The normalized spacial score (nSPS) is 18.5. The van der Waals surface area contributed by atoms with Crippen molar-refractivity contribution in [3.63, 3.8) is 0 Å². The molecule has 2 heterocycles. The Kier molecular flexibility index (Phi) is 6.69. The summed E-state index contributed by atoms with van der Waals surface area (Å²) in [6, 6.07) is 7.36. The lowest BCUT2D eigenvalue weighted by atomic mass is 9.93. The van der Waals surface area contributed by atoms with Gasteiger partial charge in [-0.2, -0.15) is 0 Å². The van der Waals surface area contributed by atoms with Crippen LogP contribution in [-0.4, -0.2) is 50.4 Å². The number of carboxylic acids is 1. The van der Waals surface area contributed by atoms with Crippen LogP contribution in [0.2, 0.25) is 4.34 Å². The lowest BCUT2D eigenvalue weighted by Gasteiger charge is -2.37. The van der Waals surface area contributed by atoms with Crippen molar-refractivity contribution in [3.8, 4) is 17.2 Å². The van der Waals surface area contributed by atoms with Gasteiger partial charge in [0.25, 0.3) is 0 Å². The van der Waals surface area contributed by atoms with Crippen molar-refractivity contribution in [3.05, 3.63) is 39.0 Å². The van der Waals surface area contributed by atoms with E-state index in [1.807, 2.05) is 18.2 Å². The van der Waals surface area contributed by atoms with Crippen LogP contribution in [0.15, 0.2) is 24.3 Å². The van der Waals surface area contributed by atoms with Gasteiger partial charge in [0.15, 0.2) is 11.5 Å². The smallest absolute Gasteiger partial charge is 0.307 e. The van der Waals surface area contributed by atoms with Crippen molar-refractivity contribution in [2.24, 2.45) is 5.92 Å². The van der Waals surface area contributed by atoms with E-state index < -0.39 is 11.9 Å². The van der Waals surface area contributed by atoms with Gasteiger partial charge in [0.05, 0.1) is 37.6 Å². The fourth-order valence-electron chi connectivity index (χ4n) is 3.71. The van der Waals surface area contributed by atoms with Gasteiger partial charge in [-0.05, 0) is 37.6 Å². The van der Waals surface area contributed by atoms with Gasteiger partial charge in [0.2, 0.25) is 0 Å². The third-order valence-electron chi connectivity index (χ3n) is 5.06. The maximum Gasteiger partial charge on any atom is 0.307 e. The fourth-order valence-corrected chi connectivity index (χ4v) is 4.93. The summed E-state index contributed by atoms with van der Waals surface area (Å²) in [4.78, 5) is 14.8. The van der Waals surface area contributed by atoms with Gasteiger partial charge in [-0.25, -0.2) is 0 Å². The van der Waals surface area contributed by atoms with E-state index in [9.17, 15) is 9.90 Å². The van der Waals surface area contributed by atoms with Crippen molar-refractivity contribution in [1.29, 1.82) is 0 Å². The van der Waals surface area contributed by atoms with Gasteiger partial charge < -0.3 is 19.3 Å². The Bertz CT molecular complexity index is 840. The molecule has 2 unspecified atom stereocenters. The number of ether oxygens (including phenoxy) is 3. The monoisotopic (exact) mass is 425 g/mol. The molecular formula is C20H24ClNO5S. The molecule has 28 heavy (non-hydrogen) atoms. The van der Waals surface area contributed by atoms with Gasteiger partial charge in [0, 0.05) is 23.1 Å². The lowest BCUT2D eigenvalue weighted by molar-refractivity contribution is -0.143. The maximum absolute atomic E-state index is 11.6. The number of hydrogen-bond acceptors (Lipinski definition) is 6. The topological polar surface area (TPSA) is 68.2 Å². The average molecular weight is 426 g/mol. The van der Waals surface area contributed by atoms with Crippen molar-refractivity contribution >= 4 is 28.9 Å². The SMILES string of the molecule is COc1cc(OC)c(C(c2ccc(Cl)s2)N2CCCC(C(=O)O)C2)cc1OC. The van der Waals surface area contributed by atoms with Crippen LogP contribution in [0.25, 0.3) is 0 Å². The molecule has 6 nitrogen and oxygen atoms in total. The number of rotatable bonds is 7. The second-order valence-corrected chi connectivity index (χ2v) is 8.41. The zero-order valence-electron chi connectivity index (χ0n) is 16.1. The molecule has 1 aliphatic heterocycles. The maximum atomic E-state index is 11.6. The Hall–Kier alpha value is -1.96. The number of aliphatic carboxylic acids is 1. The summed E-state index contributed by atoms with van der Waals surface area (Å²) >= 11 is 7.71. The van der Waals surface area contributed by atoms with E-state index in [-0.39, 0.29) is 6.04 Å². The fraction of sp³-hybridized carbons (Fsp3) is 0.450. The quantitative estimate of drug-likeness (QED) is 0.712. The second kappa shape index (κ2) is 9.03. The third kappa shape index (κ3) is 4.21. The molecule has 0 radical (unpaired) electrons. The number of methoxy groups -OCH3 is 3. The van der Waals surface area contributed by atoms with E-state index in [1.165, 1.54) is 11.3 Å². The summed E-state index contributed by atoms with van der Waals surface area (Å²) in [6.45, 7) is 1.26. The predicted molar refractivity (Wildman–Crippen MR) is 109 cm³/mol. The van der Waals surface area contributed by atoms with Crippen LogP contribution >= 0.6 is 22.9 Å². The predicted octanol–water partition coefficient (Wildman–Crippen LogP) is 4.31. The first kappa shape index (κ1) is 20.8. The highest BCUT2D eigenvalue weighted by Crippen LogP contribution is 2.44. The van der Waals surface area contributed by atoms with Crippen LogP contribution in [0, 0.1) is 5.92 Å². The zero-order chi connectivity index (χ0) is 20.3. The molecule has 0 amide bonds. The van der Waals surface area contributed by atoms with Crippen molar-refractivity contribution in [2.45, 2.75) is 18.9 Å². The molecule has 1 fully saturated rings. The third-order valence-corrected chi connectivity index (χ3v) is 6.34. The van der Waals surface area contributed by atoms with Gasteiger partial charge in [-0.15, -0.1) is 11.3 Å². The number of carbonyl (C=O) groups is 1. The number of carboxylic acid groups (broad SMARTS) is 1. The molecule has 0 bridgehead atoms. The molecule has 1 aliphatic rings. The van der Waals surface area contributed by atoms with Gasteiger partial charge in [-0.3, -0.25) is 9.69 Å². The molecule has 3 rings (SSSR count). The standard InChI is InChI=1S/C20H24ClNO5S/c1-25-14-10-16(27-3)15(26-2)9-13(14)19(17-6-7-18(21)28-17)22-8-4-5-12(11-22)20(23)24/h6-7,9-10,12,19H,4-5,8,11H2,1-3H3,(H,23,24). The molecule has 0 saturated carbocycles. The molecule has 0 aliphatic carbocycles. The number of thiophene rings is 1. The highest BCUT2D eigenvalue weighted by Gasteiger charge is 2.34. The Morgan fingerprint density at radius 3 is 2.43 bits per heavy atom. The van der Waals surface area contributed by atoms with Crippen molar-refractivity contribution in [2.75, 3.05) is 34.4 Å². The summed E-state index contributed by atoms with van der Waals surface area (Å²) < 4.78 is 17.2. The van der Waals surface area contributed by atoms with Gasteiger partial charge in [-0.1, -0.05) is 11.6 Å². The summed E-state index contributed by atoms with van der Waals surface area (Å²) in [5.74, 6) is 0.681. The Morgan fingerprint density at radius 1 is 1.18 bits per heavy atom. The minimum absolute atomic E-state index is 0.186. The lowest BCUT2D eigenvalue weighted by Crippen LogP contribution is -2.41. The molecule has 2 aromatic rings. The van der Waals surface area contributed by atoms with Crippen LogP contribution in [0.1, 0.15) is 29.3 Å². The zero-order valence-corrected chi connectivity index (χ0v) is 17.7. The van der Waals surface area contributed by atoms with E-state index in [0.29, 0.717) is 34.6 Å². The number of piperidine rings is 1. The Morgan fingerprint density at radius 2 is 1.86 bits per heavy atom. The molecule has 152 valence electrons. The Labute approximate surface area is 173 Å². The summed E-state index contributed by atoms with van der Waals surface area (Å²) in [5, 5.41) is 9.53. The van der Waals surface area contributed by atoms with E-state index in [4.69, 9.17) is 25.8 Å². The number of likely N-dealkylation sites (tertiary alicyclic amines) is 1.